The van der Waals surface area contributed by atoms with Gasteiger partial charge in [-0.05, 0) is 48.0 Å². The van der Waals surface area contributed by atoms with Crippen LogP contribution in [0, 0.1) is 0 Å². The van der Waals surface area contributed by atoms with E-state index in [4.69, 9.17) is 9.16 Å². The smallest absolute Gasteiger partial charge is 0.192 e. The summed E-state index contributed by atoms with van der Waals surface area (Å²) in [5, 5.41) is 8.77. The van der Waals surface area contributed by atoms with Crippen LogP contribution in [0.25, 0.3) is 11.3 Å². The minimum Gasteiger partial charge on any atom is -0.489 e. The van der Waals surface area contributed by atoms with Gasteiger partial charge in [0.25, 0.3) is 0 Å². The highest BCUT2D eigenvalue weighted by Gasteiger charge is 2.37. The van der Waals surface area contributed by atoms with E-state index in [2.05, 4.69) is 56.3 Å². The zero-order valence-electron chi connectivity index (χ0n) is 18.3. The van der Waals surface area contributed by atoms with Crippen LogP contribution < -0.4 is 4.74 Å². The number of aryl methyl sites for hydroxylation is 1. The highest BCUT2D eigenvalue weighted by molar-refractivity contribution is 6.74. The first-order valence-electron chi connectivity index (χ1n) is 9.97. The van der Waals surface area contributed by atoms with Crippen molar-refractivity contribution in [3.63, 3.8) is 0 Å². The molecule has 0 bridgehead atoms. The lowest BCUT2D eigenvalue weighted by Crippen LogP contribution is -2.40. The number of hydrogen-bond donors (Lipinski definition) is 0. The van der Waals surface area contributed by atoms with E-state index in [-0.39, 0.29) is 5.04 Å². The summed E-state index contributed by atoms with van der Waals surface area (Å²) in [5.74, 6) is 0.834. The van der Waals surface area contributed by atoms with Gasteiger partial charge in [-0.25, -0.2) is 4.68 Å². The van der Waals surface area contributed by atoms with Crippen molar-refractivity contribution in [3.05, 3.63) is 65.9 Å². The minimum atomic E-state index is -1.85. The third-order valence-corrected chi connectivity index (χ3v) is 10.2. The molecule has 0 atom stereocenters. The van der Waals surface area contributed by atoms with E-state index in [1.54, 1.807) is 0 Å². The van der Waals surface area contributed by atoms with Gasteiger partial charge in [0.15, 0.2) is 8.32 Å². The molecule has 0 radical (unpaired) electrons. The van der Waals surface area contributed by atoms with Crippen LogP contribution in [0.2, 0.25) is 18.1 Å². The zero-order valence-corrected chi connectivity index (χ0v) is 19.3. The fourth-order valence-corrected chi connectivity index (χ4v) is 3.61. The van der Waals surface area contributed by atoms with Gasteiger partial charge in [0.2, 0.25) is 0 Å². The Morgan fingerprint density at radius 2 is 1.59 bits per heavy atom. The van der Waals surface area contributed by atoms with Gasteiger partial charge in [-0.1, -0.05) is 56.3 Å². The van der Waals surface area contributed by atoms with Crippen LogP contribution in [0.3, 0.4) is 0 Å². The van der Waals surface area contributed by atoms with Gasteiger partial charge in [-0.3, -0.25) is 0 Å². The molecule has 6 heteroatoms. The summed E-state index contributed by atoms with van der Waals surface area (Å²) < 4.78 is 14.1. The largest absolute Gasteiger partial charge is 0.489 e. The van der Waals surface area contributed by atoms with Gasteiger partial charge >= 0.3 is 0 Å². The standard InChI is InChI=1S/C23H31N3O2Si/c1-23(2,3)29(5,6)28-17-21-22(24-25-26(21)4)19-12-14-20(15-13-19)27-16-18-10-8-7-9-11-18/h7-15H,16-17H2,1-6H3. The summed E-state index contributed by atoms with van der Waals surface area (Å²) in [6.07, 6.45) is 0. The van der Waals surface area contributed by atoms with Crippen molar-refractivity contribution in [1.82, 2.24) is 15.0 Å². The van der Waals surface area contributed by atoms with E-state index in [1.165, 1.54) is 0 Å². The Morgan fingerprint density at radius 1 is 0.931 bits per heavy atom. The average molecular weight is 410 g/mol. The first kappa shape index (κ1) is 21.3. The third-order valence-electron chi connectivity index (χ3n) is 5.69. The molecule has 1 heterocycles. The fourth-order valence-electron chi connectivity index (χ4n) is 2.68. The van der Waals surface area contributed by atoms with Gasteiger partial charge in [0.05, 0.1) is 12.3 Å². The molecule has 1 aromatic heterocycles. The quantitative estimate of drug-likeness (QED) is 0.478. The predicted octanol–water partition coefficient (Wildman–Crippen LogP) is 5.58. The van der Waals surface area contributed by atoms with Crippen molar-refractivity contribution in [2.45, 2.75) is 52.1 Å². The molecule has 3 rings (SSSR count). The molecule has 0 aliphatic heterocycles. The maximum atomic E-state index is 6.41. The molecule has 5 nitrogen and oxygen atoms in total. The molecule has 0 amide bonds. The van der Waals surface area contributed by atoms with Crippen molar-refractivity contribution < 1.29 is 9.16 Å². The number of nitrogens with zero attached hydrogens (tertiary/aromatic N) is 3. The molecule has 0 saturated heterocycles. The Hall–Kier alpha value is -2.44. The van der Waals surface area contributed by atoms with Crippen molar-refractivity contribution in [3.8, 4) is 17.0 Å². The van der Waals surface area contributed by atoms with E-state index in [1.807, 2.05) is 54.2 Å². The second-order valence-corrected chi connectivity index (χ2v) is 13.7. The summed E-state index contributed by atoms with van der Waals surface area (Å²) >= 11 is 0. The van der Waals surface area contributed by atoms with E-state index < -0.39 is 8.32 Å². The fraction of sp³-hybridized carbons (Fsp3) is 0.391. The molecule has 0 aliphatic carbocycles. The minimum absolute atomic E-state index is 0.164. The van der Waals surface area contributed by atoms with Crippen LogP contribution in [0.4, 0.5) is 0 Å². The monoisotopic (exact) mass is 409 g/mol. The maximum absolute atomic E-state index is 6.41. The number of benzene rings is 2. The molecular weight excluding hydrogens is 378 g/mol. The SMILES string of the molecule is Cn1nnc(-c2ccc(OCc3ccccc3)cc2)c1CO[Si](C)(C)C(C)(C)C. The summed E-state index contributed by atoms with van der Waals surface area (Å²) in [4.78, 5) is 0. The van der Waals surface area contributed by atoms with Gasteiger partial charge in [-0.15, -0.1) is 5.10 Å². The summed E-state index contributed by atoms with van der Waals surface area (Å²) in [6, 6.07) is 18.2. The summed E-state index contributed by atoms with van der Waals surface area (Å²) in [7, 11) is 0.0662. The second kappa shape index (κ2) is 8.51. The van der Waals surface area contributed by atoms with Crippen LogP contribution in [0.1, 0.15) is 32.0 Å². The van der Waals surface area contributed by atoms with Gasteiger partial charge in [0, 0.05) is 12.6 Å². The van der Waals surface area contributed by atoms with Crippen LogP contribution in [0.15, 0.2) is 54.6 Å². The van der Waals surface area contributed by atoms with Crippen molar-refractivity contribution in [2.75, 3.05) is 0 Å². The van der Waals surface area contributed by atoms with Gasteiger partial charge in [-0.2, -0.15) is 0 Å². The van der Waals surface area contributed by atoms with E-state index >= 15 is 0 Å². The first-order chi connectivity index (χ1) is 13.7. The zero-order chi connectivity index (χ0) is 21.1. The van der Waals surface area contributed by atoms with Gasteiger partial charge < -0.3 is 9.16 Å². The Bertz CT molecular complexity index is 929. The number of rotatable bonds is 7. The molecule has 2 aromatic carbocycles. The Morgan fingerprint density at radius 3 is 2.21 bits per heavy atom. The van der Waals surface area contributed by atoms with Crippen molar-refractivity contribution in [2.24, 2.45) is 7.05 Å². The predicted molar refractivity (Wildman–Crippen MR) is 119 cm³/mol. The Balaban J connectivity index is 1.71. The van der Waals surface area contributed by atoms with E-state index in [0.29, 0.717) is 13.2 Å². The topological polar surface area (TPSA) is 49.2 Å². The van der Waals surface area contributed by atoms with Crippen LogP contribution in [-0.4, -0.2) is 23.3 Å². The lowest BCUT2D eigenvalue weighted by molar-refractivity contribution is 0.267. The molecule has 0 unspecified atom stereocenters. The summed E-state index contributed by atoms with van der Waals surface area (Å²) in [5.41, 5.74) is 4.02. The first-order valence-corrected chi connectivity index (χ1v) is 12.9. The van der Waals surface area contributed by atoms with E-state index in [9.17, 15) is 0 Å². The number of aromatic nitrogens is 3. The lowest BCUT2D eigenvalue weighted by Gasteiger charge is -2.36. The summed E-state index contributed by atoms with van der Waals surface area (Å²) in [6.45, 7) is 12.3. The Kier molecular flexibility index (Phi) is 6.24. The molecule has 0 spiro atoms. The van der Waals surface area contributed by atoms with Crippen LogP contribution >= 0.6 is 0 Å². The van der Waals surface area contributed by atoms with Crippen LogP contribution in [-0.2, 0) is 24.7 Å². The molecule has 3 aromatic rings. The van der Waals surface area contributed by atoms with Crippen molar-refractivity contribution >= 4 is 8.32 Å². The third kappa shape index (κ3) is 5.13. The Labute approximate surface area is 174 Å². The molecular formula is C23H31N3O2Si. The number of ether oxygens (including phenoxy) is 1. The second-order valence-electron chi connectivity index (χ2n) is 8.86. The molecule has 0 aliphatic rings. The molecule has 0 saturated carbocycles. The average Bonchev–Trinajstić information content (AvgIpc) is 3.05. The highest BCUT2D eigenvalue weighted by atomic mass is 28.4. The normalized spacial score (nSPS) is 12.2. The van der Waals surface area contributed by atoms with Crippen LogP contribution in [0.5, 0.6) is 5.75 Å². The van der Waals surface area contributed by atoms with Crippen molar-refractivity contribution in [1.29, 1.82) is 0 Å². The highest BCUT2D eigenvalue weighted by Crippen LogP contribution is 2.37. The van der Waals surface area contributed by atoms with E-state index in [0.717, 1.165) is 28.3 Å². The molecule has 154 valence electrons. The molecule has 0 fully saturated rings. The maximum Gasteiger partial charge on any atom is 0.192 e. The lowest BCUT2D eigenvalue weighted by atomic mass is 10.1. The van der Waals surface area contributed by atoms with Gasteiger partial charge in [0.1, 0.15) is 18.1 Å². The molecule has 0 N–H and O–H groups in total. The number of hydrogen-bond acceptors (Lipinski definition) is 4. The molecule has 29 heavy (non-hydrogen) atoms.